The molecular weight excluding hydrogens is 324 g/mol. The van der Waals surface area contributed by atoms with E-state index in [2.05, 4.69) is 13.8 Å². The van der Waals surface area contributed by atoms with Gasteiger partial charge >= 0.3 is 0 Å². The number of hydrogen-bond acceptors (Lipinski definition) is 3. The van der Waals surface area contributed by atoms with Crippen LogP contribution in [0.4, 0.5) is 0 Å². The number of carbonyl (C=O) groups excluding carboxylic acids is 1. The summed E-state index contributed by atoms with van der Waals surface area (Å²) in [4.78, 5) is 11.8. The molecule has 24 heavy (non-hydrogen) atoms. The molecule has 0 aliphatic heterocycles. The minimum Gasteiger partial charge on any atom is -0.393 e. The van der Waals surface area contributed by atoms with E-state index in [1.54, 1.807) is 12.2 Å². The highest BCUT2D eigenvalue weighted by atomic mass is 35.5. The maximum absolute atomic E-state index is 11.8. The van der Waals surface area contributed by atoms with Crippen LogP contribution in [0.5, 0.6) is 0 Å². The lowest BCUT2D eigenvalue weighted by molar-refractivity contribution is -0.131. The fourth-order valence-corrected chi connectivity index (χ4v) is 6.92. The van der Waals surface area contributed by atoms with Gasteiger partial charge < -0.3 is 10.2 Å². The van der Waals surface area contributed by atoms with Gasteiger partial charge in [-0.1, -0.05) is 25.5 Å². The highest BCUT2D eigenvalue weighted by Gasteiger charge is 2.63. The predicted molar refractivity (Wildman–Crippen MR) is 93.6 cm³/mol. The third-order valence-electron chi connectivity index (χ3n) is 7.81. The molecule has 0 spiro atoms. The average Bonchev–Trinajstić information content (AvgIpc) is 2.79. The first-order chi connectivity index (χ1) is 11.3. The Morgan fingerprint density at radius 1 is 1.33 bits per heavy atom. The lowest BCUT2D eigenvalue weighted by Gasteiger charge is -2.58. The van der Waals surface area contributed by atoms with E-state index in [1.807, 2.05) is 6.08 Å². The molecule has 3 nitrogen and oxygen atoms in total. The minimum atomic E-state index is -0.452. The van der Waals surface area contributed by atoms with Crippen LogP contribution in [0.1, 0.15) is 39.5 Å². The number of fused-ring (bicyclic) bond motifs is 5. The molecule has 3 fully saturated rings. The Kier molecular flexibility index (Phi) is 3.80. The van der Waals surface area contributed by atoms with Gasteiger partial charge in [0.05, 0.1) is 12.2 Å². The molecule has 3 saturated carbocycles. The lowest BCUT2D eigenvalue weighted by atomic mass is 9.47. The fraction of sp³-hybridized carbons (Fsp3) is 0.750. The molecule has 0 aromatic carbocycles. The highest BCUT2D eigenvalue weighted by molar-refractivity contribution is 6.18. The summed E-state index contributed by atoms with van der Waals surface area (Å²) in [5.41, 5.74) is 0.694. The van der Waals surface area contributed by atoms with Crippen molar-refractivity contribution in [2.45, 2.75) is 51.7 Å². The van der Waals surface area contributed by atoms with E-state index < -0.39 is 12.2 Å². The zero-order valence-electron chi connectivity index (χ0n) is 14.4. The summed E-state index contributed by atoms with van der Waals surface area (Å²) in [6.07, 6.45) is 8.07. The molecule has 0 heterocycles. The highest BCUT2D eigenvalue weighted by Crippen LogP contribution is 2.65. The van der Waals surface area contributed by atoms with Crippen LogP contribution in [0.15, 0.2) is 23.8 Å². The number of hydrogen-bond donors (Lipinski definition) is 2. The number of rotatable bonds is 1. The summed E-state index contributed by atoms with van der Waals surface area (Å²) in [5, 5.41) is 21.9. The second kappa shape index (κ2) is 5.43. The van der Waals surface area contributed by atoms with Crippen LogP contribution in [0.2, 0.25) is 0 Å². The van der Waals surface area contributed by atoms with Crippen molar-refractivity contribution in [3.05, 3.63) is 23.8 Å². The summed E-state index contributed by atoms with van der Waals surface area (Å²) in [5.74, 6) is 1.57. The molecule has 0 aromatic rings. The zero-order chi connectivity index (χ0) is 17.3. The van der Waals surface area contributed by atoms with Gasteiger partial charge in [0.25, 0.3) is 0 Å². The van der Waals surface area contributed by atoms with Crippen molar-refractivity contribution in [1.82, 2.24) is 0 Å². The van der Waals surface area contributed by atoms with E-state index in [0.29, 0.717) is 24.1 Å². The molecule has 132 valence electrons. The number of allylic oxidation sites excluding steroid dienone is 4. The Bertz CT molecular complexity index is 626. The van der Waals surface area contributed by atoms with Gasteiger partial charge in [-0.15, -0.1) is 11.6 Å². The number of carbonyl (C=O) groups is 1. The first kappa shape index (κ1) is 16.8. The fourth-order valence-electron chi connectivity index (χ4n) is 6.63. The van der Waals surface area contributed by atoms with Crippen LogP contribution in [0.25, 0.3) is 0 Å². The van der Waals surface area contributed by atoms with Gasteiger partial charge in [0.15, 0.2) is 5.78 Å². The average molecular weight is 351 g/mol. The summed E-state index contributed by atoms with van der Waals surface area (Å²) in [6.45, 7) is 4.32. The molecule has 0 unspecified atom stereocenters. The van der Waals surface area contributed by atoms with Crippen LogP contribution in [0, 0.1) is 34.5 Å². The van der Waals surface area contributed by atoms with E-state index in [9.17, 15) is 15.0 Å². The SMILES string of the molecule is C[C@]12C[C@H](O)[C@H]3[C@@H](CCC4=CC(=O)C=C[C@@]43C)[C@@H]1C[C@@H](CCl)[C@H]2O. The van der Waals surface area contributed by atoms with Gasteiger partial charge in [-0.05, 0) is 61.0 Å². The molecule has 4 rings (SSSR count). The second-order valence-corrected chi connectivity index (χ2v) is 9.20. The van der Waals surface area contributed by atoms with Gasteiger partial charge in [0, 0.05) is 17.2 Å². The molecule has 0 saturated heterocycles. The van der Waals surface area contributed by atoms with E-state index in [4.69, 9.17) is 11.6 Å². The smallest absolute Gasteiger partial charge is 0.178 e. The van der Waals surface area contributed by atoms with Crippen molar-refractivity contribution >= 4 is 17.4 Å². The molecule has 0 amide bonds. The maximum atomic E-state index is 11.8. The van der Waals surface area contributed by atoms with Gasteiger partial charge in [0.2, 0.25) is 0 Å². The van der Waals surface area contributed by atoms with Crippen molar-refractivity contribution in [3.63, 3.8) is 0 Å². The summed E-state index contributed by atoms with van der Waals surface area (Å²) >= 11 is 6.11. The lowest BCUT2D eigenvalue weighted by Crippen LogP contribution is -2.56. The number of ketones is 1. The Balaban J connectivity index is 1.74. The van der Waals surface area contributed by atoms with E-state index in [-0.39, 0.29) is 28.4 Å². The van der Waals surface area contributed by atoms with Crippen molar-refractivity contribution in [1.29, 1.82) is 0 Å². The third kappa shape index (κ3) is 2.07. The first-order valence-corrected chi connectivity index (χ1v) is 9.71. The molecule has 0 bridgehead atoms. The number of aliphatic hydroxyl groups excluding tert-OH is 2. The van der Waals surface area contributed by atoms with Crippen LogP contribution in [-0.4, -0.2) is 34.1 Å². The van der Waals surface area contributed by atoms with Gasteiger partial charge in [-0.2, -0.15) is 0 Å². The summed E-state index contributed by atoms with van der Waals surface area (Å²) < 4.78 is 0. The summed E-state index contributed by atoms with van der Waals surface area (Å²) in [7, 11) is 0. The second-order valence-electron chi connectivity index (χ2n) is 8.89. The number of alkyl halides is 1. The molecule has 8 atom stereocenters. The maximum Gasteiger partial charge on any atom is 0.178 e. The van der Waals surface area contributed by atoms with E-state index >= 15 is 0 Å². The van der Waals surface area contributed by atoms with E-state index in [0.717, 1.165) is 19.3 Å². The van der Waals surface area contributed by atoms with Crippen molar-refractivity contribution in [2.24, 2.45) is 34.5 Å². The Morgan fingerprint density at radius 2 is 2.08 bits per heavy atom. The monoisotopic (exact) mass is 350 g/mol. The number of halogens is 1. The third-order valence-corrected chi connectivity index (χ3v) is 8.20. The van der Waals surface area contributed by atoms with Crippen LogP contribution in [-0.2, 0) is 4.79 Å². The van der Waals surface area contributed by atoms with Gasteiger partial charge in [0.1, 0.15) is 0 Å². The molecule has 4 heteroatoms. The van der Waals surface area contributed by atoms with Gasteiger partial charge in [-0.25, -0.2) is 0 Å². The predicted octanol–water partition coefficient (Wildman–Crippen LogP) is 3.09. The molecule has 0 radical (unpaired) electrons. The van der Waals surface area contributed by atoms with Crippen molar-refractivity contribution in [2.75, 3.05) is 5.88 Å². The standard InChI is InChI=1S/C20H27ClO3/c1-19-6-5-13(22)8-12(19)3-4-14-15-7-11(10-21)18(24)20(15,2)9-16(23)17(14)19/h5-6,8,11,14-18,23-24H,3-4,7,9-10H2,1-2H3/t11-,14-,15-,16-,17+,18+,19-,20-/m0/s1. The quantitative estimate of drug-likeness (QED) is 0.714. The molecule has 0 aromatic heterocycles. The van der Waals surface area contributed by atoms with Crippen LogP contribution in [0.3, 0.4) is 0 Å². The first-order valence-electron chi connectivity index (χ1n) is 9.17. The van der Waals surface area contributed by atoms with E-state index in [1.165, 1.54) is 5.57 Å². The minimum absolute atomic E-state index is 0.0644. The molecule has 4 aliphatic carbocycles. The summed E-state index contributed by atoms with van der Waals surface area (Å²) in [6, 6.07) is 0. The largest absolute Gasteiger partial charge is 0.393 e. The zero-order valence-corrected chi connectivity index (χ0v) is 15.2. The normalized spacial score (nSPS) is 53.2. The Hall–Kier alpha value is -0.640. The van der Waals surface area contributed by atoms with Gasteiger partial charge in [-0.3, -0.25) is 4.79 Å². The topological polar surface area (TPSA) is 57.5 Å². The van der Waals surface area contributed by atoms with Crippen molar-refractivity contribution < 1.29 is 15.0 Å². The van der Waals surface area contributed by atoms with Crippen LogP contribution < -0.4 is 0 Å². The number of aliphatic hydroxyl groups is 2. The Labute approximate surface area is 148 Å². The molecular formula is C20H27ClO3. The molecule has 2 N–H and O–H groups in total. The van der Waals surface area contributed by atoms with Crippen LogP contribution >= 0.6 is 11.6 Å². The van der Waals surface area contributed by atoms with Crippen molar-refractivity contribution in [3.8, 4) is 0 Å². The Morgan fingerprint density at radius 3 is 2.79 bits per heavy atom. The molecule has 4 aliphatic rings.